The maximum atomic E-state index is 9.12. The van der Waals surface area contributed by atoms with Gasteiger partial charge in [-0.2, -0.15) is 5.26 Å². The van der Waals surface area contributed by atoms with Crippen LogP contribution in [-0.4, -0.2) is 11.3 Å². The van der Waals surface area contributed by atoms with Crippen molar-refractivity contribution in [1.29, 1.82) is 5.26 Å². The average molecular weight is 253 g/mol. The Morgan fingerprint density at radius 1 is 1.50 bits per heavy atom. The van der Waals surface area contributed by atoms with Crippen LogP contribution in [0.15, 0.2) is 29.2 Å². The van der Waals surface area contributed by atoms with Crippen LogP contribution in [-0.2, 0) is 0 Å². The van der Waals surface area contributed by atoms with Crippen LogP contribution in [0.3, 0.4) is 0 Å². The largest absolute Gasteiger partial charge is 0.312 e. The van der Waals surface area contributed by atoms with Gasteiger partial charge in [0.05, 0.1) is 11.1 Å². The van der Waals surface area contributed by atoms with Gasteiger partial charge in [0, 0.05) is 10.6 Å². The highest BCUT2D eigenvalue weighted by atomic mass is 35.5. The molecule has 2 N–H and O–H groups in total. The van der Waals surface area contributed by atoms with Crippen molar-refractivity contribution in [3.05, 3.63) is 29.3 Å². The number of hydrogen-bond acceptors (Lipinski definition) is 3. The quantitative estimate of drug-likeness (QED) is 0.838. The normalized spacial score (nSPS) is 18.8. The fraction of sp³-hybridized carbons (Fsp3) is 0.417. The second kappa shape index (κ2) is 4.67. The molecule has 2 nitrogen and oxygen atoms in total. The minimum absolute atomic E-state index is 0.368. The molecule has 0 heterocycles. The van der Waals surface area contributed by atoms with Gasteiger partial charge in [0.2, 0.25) is 0 Å². The maximum Gasteiger partial charge on any atom is 0.116 e. The summed E-state index contributed by atoms with van der Waals surface area (Å²) >= 11 is 7.61. The van der Waals surface area contributed by atoms with Crippen LogP contribution in [0, 0.1) is 17.2 Å². The van der Waals surface area contributed by atoms with Crippen LogP contribution < -0.4 is 5.73 Å². The predicted octanol–water partition coefficient (Wildman–Crippen LogP) is 3.06. The zero-order valence-electron chi connectivity index (χ0n) is 8.82. The number of nitrogens with zero attached hydrogens (tertiary/aromatic N) is 1. The van der Waals surface area contributed by atoms with Crippen molar-refractivity contribution in [2.45, 2.75) is 23.3 Å². The van der Waals surface area contributed by atoms with E-state index in [1.165, 1.54) is 0 Å². The SMILES string of the molecule is N#CC(N)(CSc1ccccc1Cl)C1CC1. The highest BCUT2D eigenvalue weighted by Crippen LogP contribution is 2.41. The maximum absolute atomic E-state index is 9.12. The van der Waals surface area contributed by atoms with Gasteiger partial charge in [-0.3, -0.25) is 0 Å². The molecule has 0 spiro atoms. The second-order valence-corrected chi connectivity index (χ2v) is 5.57. The van der Waals surface area contributed by atoms with Gasteiger partial charge in [0.15, 0.2) is 0 Å². The standard InChI is InChI=1S/C12H13ClN2S/c13-10-3-1-2-4-11(10)16-8-12(15,7-14)9-5-6-9/h1-4,9H,5-6,8,15H2. The molecular weight excluding hydrogens is 240 g/mol. The molecule has 0 aromatic heterocycles. The number of hydrogen-bond donors (Lipinski definition) is 1. The summed E-state index contributed by atoms with van der Waals surface area (Å²) in [6.07, 6.45) is 2.15. The molecule has 0 aliphatic heterocycles. The Bertz CT molecular complexity index is 425. The van der Waals surface area contributed by atoms with Gasteiger partial charge in [0.1, 0.15) is 5.54 Å². The molecule has 84 valence electrons. The third kappa shape index (κ3) is 2.52. The summed E-state index contributed by atoms with van der Waals surface area (Å²) in [5.74, 6) is 0.977. The molecular formula is C12H13ClN2S. The minimum atomic E-state index is -0.691. The van der Waals surface area contributed by atoms with E-state index in [4.69, 9.17) is 22.6 Å². The first-order chi connectivity index (χ1) is 7.65. The van der Waals surface area contributed by atoms with Crippen LogP contribution in [0.4, 0.5) is 0 Å². The molecule has 0 amide bonds. The lowest BCUT2D eigenvalue weighted by Gasteiger charge is -2.20. The van der Waals surface area contributed by atoms with E-state index >= 15 is 0 Å². The van der Waals surface area contributed by atoms with Crippen molar-refractivity contribution in [1.82, 2.24) is 0 Å². The summed E-state index contributed by atoms with van der Waals surface area (Å²) in [6, 6.07) is 9.89. The topological polar surface area (TPSA) is 49.8 Å². The summed E-state index contributed by atoms with van der Waals surface area (Å²) in [5.41, 5.74) is 5.38. The molecule has 16 heavy (non-hydrogen) atoms. The van der Waals surface area contributed by atoms with E-state index in [0.29, 0.717) is 11.7 Å². The zero-order valence-corrected chi connectivity index (χ0v) is 10.4. The number of thioether (sulfide) groups is 1. The Morgan fingerprint density at radius 2 is 2.19 bits per heavy atom. The summed E-state index contributed by atoms with van der Waals surface area (Å²) in [5, 5.41) is 9.85. The van der Waals surface area contributed by atoms with Crippen molar-refractivity contribution in [2.24, 2.45) is 11.7 Å². The number of benzene rings is 1. The van der Waals surface area contributed by atoms with Crippen molar-refractivity contribution < 1.29 is 0 Å². The minimum Gasteiger partial charge on any atom is -0.312 e. The molecule has 0 radical (unpaired) electrons. The summed E-state index contributed by atoms with van der Waals surface area (Å²) < 4.78 is 0. The summed E-state index contributed by atoms with van der Waals surface area (Å²) in [7, 11) is 0. The first-order valence-corrected chi connectivity index (χ1v) is 6.59. The fourth-order valence-electron chi connectivity index (χ4n) is 1.60. The van der Waals surface area contributed by atoms with E-state index in [1.807, 2.05) is 24.3 Å². The third-order valence-electron chi connectivity index (χ3n) is 2.82. The van der Waals surface area contributed by atoms with Crippen molar-refractivity contribution in [3.8, 4) is 6.07 Å². The zero-order chi connectivity index (χ0) is 11.6. The van der Waals surface area contributed by atoms with Gasteiger partial charge < -0.3 is 5.73 Å². The summed E-state index contributed by atoms with van der Waals surface area (Å²) in [4.78, 5) is 0.995. The van der Waals surface area contributed by atoms with E-state index in [0.717, 1.165) is 22.8 Å². The Balaban J connectivity index is 2.02. The molecule has 1 aliphatic rings. The highest BCUT2D eigenvalue weighted by molar-refractivity contribution is 7.99. The lowest BCUT2D eigenvalue weighted by atomic mass is 10.00. The van der Waals surface area contributed by atoms with Gasteiger partial charge in [-0.05, 0) is 30.9 Å². The predicted molar refractivity (Wildman–Crippen MR) is 67.4 cm³/mol. The second-order valence-electron chi connectivity index (χ2n) is 4.15. The van der Waals surface area contributed by atoms with Crippen LogP contribution in [0.1, 0.15) is 12.8 Å². The van der Waals surface area contributed by atoms with Gasteiger partial charge in [0.25, 0.3) is 0 Å². The van der Waals surface area contributed by atoms with Gasteiger partial charge >= 0.3 is 0 Å². The molecule has 1 saturated carbocycles. The number of rotatable bonds is 4. The van der Waals surface area contributed by atoms with E-state index in [2.05, 4.69) is 6.07 Å². The Kier molecular flexibility index (Phi) is 3.44. The third-order valence-corrected chi connectivity index (χ3v) is 4.55. The van der Waals surface area contributed by atoms with E-state index in [-0.39, 0.29) is 0 Å². The van der Waals surface area contributed by atoms with Crippen LogP contribution in [0.25, 0.3) is 0 Å². The molecule has 1 aliphatic carbocycles. The molecule has 2 rings (SSSR count). The van der Waals surface area contributed by atoms with E-state index in [9.17, 15) is 0 Å². The van der Waals surface area contributed by atoms with Gasteiger partial charge in [-0.15, -0.1) is 11.8 Å². The van der Waals surface area contributed by atoms with E-state index < -0.39 is 5.54 Å². The lowest BCUT2D eigenvalue weighted by Crippen LogP contribution is -2.43. The molecule has 1 aromatic carbocycles. The van der Waals surface area contributed by atoms with Crippen molar-refractivity contribution in [3.63, 3.8) is 0 Å². The van der Waals surface area contributed by atoms with Crippen molar-refractivity contribution >= 4 is 23.4 Å². The summed E-state index contributed by atoms with van der Waals surface area (Å²) in [6.45, 7) is 0. The Hall–Kier alpha value is -0.690. The number of nitrogens with two attached hydrogens (primary N) is 1. The molecule has 4 heteroatoms. The smallest absolute Gasteiger partial charge is 0.116 e. The fourth-order valence-corrected chi connectivity index (χ4v) is 2.97. The van der Waals surface area contributed by atoms with Crippen molar-refractivity contribution in [2.75, 3.05) is 5.75 Å². The van der Waals surface area contributed by atoms with Gasteiger partial charge in [-0.25, -0.2) is 0 Å². The highest BCUT2D eigenvalue weighted by Gasteiger charge is 2.42. The molecule has 0 saturated heterocycles. The van der Waals surface area contributed by atoms with Crippen LogP contribution >= 0.6 is 23.4 Å². The lowest BCUT2D eigenvalue weighted by molar-refractivity contribution is 0.532. The van der Waals surface area contributed by atoms with Crippen LogP contribution in [0.2, 0.25) is 5.02 Å². The van der Waals surface area contributed by atoms with Crippen LogP contribution in [0.5, 0.6) is 0 Å². The molecule has 1 aromatic rings. The molecule has 0 bridgehead atoms. The first-order valence-electron chi connectivity index (χ1n) is 5.23. The number of nitriles is 1. The molecule has 1 unspecified atom stereocenters. The average Bonchev–Trinajstić information content (AvgIpc) is 3.12. The molecule has 1 atom stereocenters. The monoisotopic (exact) mass is 252 g/mol. The Labute approximate surface area is 105 Å². The molecule has 1 fully saturated rings. The Morgan fingerprint density at radius 3 is 2.75 bits per heavy atom. The number of halogens is 1. The van der Waals surface area contributed by atoms with E-state index in [1.54, 1.807) is 11.8 Å². The van der Waals surface area contributed by atoms with Gasteiger partial charge in [-0.1, -0.05) is 23.7 Å². The first kappa shape index (κ1) is 11.8.